The minimum Gasteiger partial charge on any atom is -0.454 e. The molecular weight excluding hydrogens is 424 g/mol. The van der Waals surface area contributed by atoms with Gasteiger partial charge in [0.15, 0.2) is 11.5 Å². The highest BCUT2D eigenvalue weighted by Gasteiger charge is 2.27. The van der Waals surface area contributed by atoms with Crippen molar-refractivity contribution in [2.45, 2.75) is 19.4 Å². The molecule has 28 heavy (non-hydrogen) atoms. The van der Waals surface area contributed by atoms with Crippen LogP contribution in [0.15, 0.2) is 46.9 Å². The quantitative estimate of drug-likeness (QED) is 0.784. The molecule has 0 saturated carbocycles. The van der Waals surface area contributed by atoms with Crippen molar-refractivity contribution in [2.75, 3.05) is 19.9 Å². The Morgan fingerprint density at radius 1 is 1.04 bits per heavy atom. The van der Waals surface area contributed by atoms with Gasteiger partial charge in [0.05, 0.1) is 0 Å². The number of nitrogens with zero attached hydrogens (tertiary/aromatic N) is 1. The highest BCUT2D eigenvalue weighted by molar-refractivity contribution is 9.10. The summed E-state index contributed by atoms with van der Waals surface area (Å²) < 4.78 is 11.6. The summed E-state index contributed by atoms with van der Waals surface area (Å²) in [5.74, 6) is 1.44. The molecule has 6 nitrogen and oxygen atoms in total. The Bertz CT molecular complexity index is 876. The largest absolute Gasteiger partial charge is 0.454 e. The Labute approximate surface area is 171 Å². The van der Waals surface area contributed by atoms with E-state index in [4.69, 9.17) is 9.47 Å². The average Bonchev–Trinajstić information content (AvgIpc) is 3.20. The Hall–Kier alpha value is -2.54. The fourth-order valence-electron chi connectivity index (χ4n) is 3.50. The van der Waals surface area contributed by atoms with Crippen LogP contribution in [0.5, 0.6) is 11.5 Å². The van der Waals surface area contributed by atoms with Crippen LogP contribution >= 0.6 is 15.9 Å². The van der Waals surface area contributed by atoms with Crippen molar-refractivity contribution in [3.63, 3.8) is 0 Å². The summed E-state index contributed by atoms with van der Waals surface area (Å²) in [6.07, 6.45) is 1.35. The lowest BCUT2D eigenvalue weighted by molar-refractivity contribution is -0.126. The first-order valence-corrected chi connectivity index (χ1v) is 10.1. The van der Waals surface area contributed by atoms with E-state index in [1.54, 1.807) is 0 Å². The van der Waals surface area contributed by atoms with Gasteiger partial charge in [0.1, 0.15) is 0 Å². The van der Waals surface area contributed by atoms with Crippen molar-refractivity contribution >= 4 is 27.7 Å². The van der Waals surface area contributed by atoms with E-state index < -0.39 is 0 Å². The average molecular weight is 445 g/mol. The number of amides is 2. The van der Waals surface area contributed by atoms with Gasteiger partial charge in [-0.1, -0.05) is 22.0 Å². The molecule has 2 aliphatic heterocycles. The van der Waals surface area contributed by atoms with Gasteiger partial charge in [-0.2, -0.15) is 0 Å². The van der Waals surface area contributed by atoms with Crippen molar-refractivity contribution in [1.82, 2.24) is 10.2 Å². The minimum atomic E-state index is -0.0667. The molecule has 0 aliphatic carbocycles. The second-order valence-corrected chi connectivity index (χ2v) is 7.89. The monoisotopic (exact) mass is 444 g/mol. The molecule has 7 heteroatoms. The maximum Gasteiger partial charge on any atom is 0.253 e. The van der Waals surface area contributed by atoms with Gasteiger partial charge in [-0.15, -0.1) is 0 Å². The molecule has 1 saturated heterocycles. The van der Waals surface area contributed by atoms with Crippen LogP contribution in [0.2, 0.25) is 0 Å². The van der Waals surface area contributed by atoms with Gasteiger partial charge in [0.2, 0.25) is 12.7 Å². The number of nitrogens with one attached hydrogen (secondary N) is 1. The highest BCUT2D eigenvalue weighted by atomic mass is 79.9. The lowest BCUT2D eigenvalue weighted by Gasteiger charge is -2.31. The zero-order valence-corrected chi connectivity index (χ0v) is 16.9. The smallest absolute Gasteiger partial charge is 0.253 e. The van der Waals surface area contributed by atoms with Crippen LogP contribution in [0.4, 0.5) is 0 Å². The summed E-state index contributed by atoms with van der Waals surface area (Å²) in [6, 6.07) is 13.0. The molecule has 0 spiro atoms. The van der Waals surface area contributed by atoms with Crippen LogP contribution in [0.25, 0.3) is 0 Å². The first-order chi connectivity index (χ1) is 13.6. The maximum absolute atomic E-state index is 12.6. The molecular formula is C21H21BrN2O4. The zero-order chi connectivity index (χ0) is 19.5. The Balaban J connectivity index is 1.27. The van der Waals surface area contributed by atoms with Gasteiger partial charge in [0.25, 0.3) is 5.91 Å². The van der Waals surface area contributed by atoms with Crippen molar-refractivity contribution in [3.05, 3.63) is 58.1 Å². The number of fused-ring (bicyclic) bond motifs is 1. The molecule has 2 aromatic rings. The molecule has 2 heterocycles. The van der Waals surface area contributed by atoms with Gasteiger partial charge in [-0.25, -0.2) is 0 Å². The van der Waals surface area contributed by atoms with E-state index in [1.165, 1.54) is 0 Å². The summed E-state index contributed by atoms with van der Waals surface area (Å²) in [5.41, 5.74) is 1.65. The van der Waals surface area contributed by atoms with E-state index in [0.717, 1.165) is 15.8 Å². The molecule has 0 bridgehead atoms. The van der Waals surface area contributed by atoms with Crippen LogP contribution in [0.3, 0.4) is 0 Å². The molecule has 146 valence electrons. The second-order valence-electron chi connectivity index (χ2n) is 6.98. The number of likely N-dealkylation sites (tertiary alicyclic amines) is 1. The second kappa shape index (κ2) is 8.22. The van der Waals surface area contributed by atoms with Crippen LogP contribution in [0.1, 0.15) is 28.8 Å². The number of carbonyl (C=O) groups is 2. The third kappa shape index (κ3) is 4.14. The third-order valence-electron chi connectivity index (χ3n) is 5.15. The van der Waals surface area contributed by atoms with Gasteiger partial charge in [-0.05, 0) is 54.8 Å². The first kappa shape index (κ1) is 18.8. The fraction of sp³-hybridized carbons (Fsp3) is 0.333. The number of rotatable bonds is 4. The predicted octanol–water partition coefficient (Wildman–Crippen LogP) is 3.35. The van der Waals surface area contributed by atoms with Crippen molar-refractivity contribution in [2.24, 2.45) is 5.92 Å². The molecule has 1 N–H and O–H groups in total. The van der Waals surface area contributed by atoms with Crippen molar-refractivity contribution < 1.29 is 19.1 Å². The number of hydrogen-bond acceptors (Lipinski definition) is 4. The van der Waals surface area contributed by atoms with E-state index in [2.05, 4.69) is 21.2 Å². The molecule has 2 aromatic carbocycles. The molecule has 1 fully saturated rings. The lowest BCUT2D eigenvalue weighted by Crippen LogP contribution is -2.42. The lowest BCUT2D eigenvalue weighted by atomic mass is 9.95. The van der Waals surface area contributed by atoms with Gasteiger partial charge in [0, 0.05) is 35.6 Å². The number of benzene rings is 2. The standard InChI is InChI=1S/C21H21BrN2O4/c22-17-4-2-16(3-5-17)21(26)24-9-7-15(8-10-24)20(25)23-12-14-1-6-18-19(11-14)28-13-27-18/h1-6,11,15H,7-10,12-13H2,(H,23,25). The third-order valence-corrected chi connectivity index (χ3v) is 5.68. The molecule has 0 radical (unpaired) electrons. The predicted molar refractivity (Wildman–Crippen MR) is 107 cm³/mol. The summed E-state index contributed by atoms with van der Waals surface area (Å²) in [4.78, 5) is 26.9. The Morgan fingerprint density at radius 2 is 1.75 bits per heavy atom. The fourth-order valence-corrected chi connectivity index (χ4v) is 3.77. The van der Waals surface area contributed by atoms with E-state index in [0.29, 0.717) is 43.8 Å². The molecule has 0 aromatic heterocycles. The maximum atomic E-state index is 12.6. The summed E-state index contributed by atoms with van der Waals surface area (Å²) >= 11 is 3.38. The van der Waals surface area contributed by atoms with E-state index >= 15 is 0 Å². The Kier molecular flexibility index (Phi) is 5.52. The first-order valence-electron chi connectivity index (χ1n) is 9.31. The summed E-state index contributed by atoms with van der Waals surface area (Å²) in [7, 11) is 0. The van der Waals surface area contributed by atoms with E-state index in [-0.39, 0.29) is 24.5 Å². The number of ether oxygens (including phenoxy) is 2. The molecule has 4 rings (SSSR count). The van der Waals surface area contributed by atoms with Crippen LogP contribution in [-0.2, 0) is 11.3 Å². The van der Waals surface area contributed by atoms with Crippen molar-refractivity contribution in [3.8, 4) is 11.5 Å². The zero-order valence-electron chi connectivity index (χ0n) is 15.3. The molecule has 2 amide bonds. The minimum absolute atomic E-state index is 0.0201. The highest BCUT2D eigenvalue weighted by Crippen LogP contribution is 2.32. The molecule has 2 aliphatic rings. The molecule has 0 unspecified atom stereocenters. The number of piperidine rings is 1. The summed E-state index contributed by atoms with van der Waals surface area (Å²) in [6.45, 7) is 1.88. The van der Waals surface area contributed by atoms with Crippen molar-refractivity contribution in [1.29, 1.82) is 0 Å². The number of carbonyl (C=O) groups excluding carboxylic acids is 2. The van der Waals surface area contributed by atoms with Gasteiger partial charge in [-0.3, -0.25) is 9.59 Å². The van der Waals surface area contributed by atoms with E-state index in [1.807, 2.05) is 47.4 Å². The SMILES string of the molecule is O=C(NCc1ccc2c(c1)OCO2)C1CCN(C(=O)c2ccc(Br)cc2)CC1. The van der Waals surface area contributed by atoms with Crippen LogP contribution in [-0.4, -0.2) is 36.6 Å². The van der Waals surface area contributed by atoms with E-state index in [9.17, 15) is 9.59 Å². The summed E-state index contributed by atoms with van der Waals surface area (Å²) in [5, 5.41) is 3.00. The topological polar surface area (TPSA) is 67.9 Å². The van der Waals surface area contributed by atoms with Gasteiger partial charge < -0.3 is 19.7 Å². The Morgan fingerprint density at radius 3 is 2.50 bits per heavy atom. The number of hydrogen-bond donors (Lipinski definition) is 1. The van der Waals surface area contributed by atoms with Gasteiger partial charge >= 0.3 is 0 Å². The van der Waals surface area contributed by atoms with Crippen LogP contribution in [0, 0.1) is 5.92 Å². The van der Waals surface area contributed by atoms with Crippen LogP contribution < -0.4 is 14.8 Å². The number of halogens is 1. The molecule has 0 atom stereocenters. The normalized spacial score (nSPS) is 16.1.